The summed E-state index contributed by atoms with van der Waals surface area (Å²) in [5, 5.41) is 9.40. The molecule has 0 bridgehead atoms. The van der Waals surface area contributed by atoms with Crippen molar-refractivity contribution in [3.8, 4) is 0 Å². The molecule has 1 spiro atoms. The molecule has 2 fully saturated rings. The van der Waals surface area contributed by atoms with Crippen LogP contribution in [0.4, 0.5) is 0 Å². The summed E-state index contributed by atoms with van der Waals surface area (Å²) in [5.41, 5.74) is -0.0112. The van der Waals surface area contributed by atoms with E-state index >= 15 is 0 Å². The minimum absolute atomic E-state index is 0.0112. The first kappa shape index (κ1) is 11.4. The fraction of sp³-hybridized carbons (Fsp3) is 1.00. The summed E-state index contributed by atoms with van der Waals surface area (Å²) in [6, 6.07) is 0. The van der Waals surface area contributed by atoms with E-state index in [4.69, 9.17) is 9.47 Å². The smallest absolute Gasteiger partial charge is 0.168 e. The van der Waals surface area contributed by atoms with Crippen LogP contribution in [0.25, 0.3) is 0 Å². The molecule has 0 aromatic carbocycles. The molecule has 1 saturated heterocycles. The zero-order valence-electron chi connectivity index (χ0n) is 9.79. The van der Waals surface area contributed by atoms with Gasteiger partial charge in [-0.3, -0.25) is 0 Å². The maximum atomic E-state index is 9.40. The molecule has 2 rings (SSSR count). The molecule has 3 heteroatoms. The summed E-state index contributed by atoms with van der Waals surface area (Å²) in [7, 11) is 0. The van der Waals surface area contributed by atoms with Crippen molar-refractivity contribution < 1.29 is 14.6 Å². The van der Waals surface area contributed by atoms with Crippen LogP contribution in [-0.2, 0) is 9.47 Å². The van der Waals surface area contributed by atoms with Gasteiger partial charge in [0.2, 0.25) is 0 Å². The molecule has 1 heterocycles. The fourth-order valence-electron chi connectivity index (χ4n) is 2.75. The van der Waals surface area contributed by atoms with Crippen molar-refractivity contribution in [2.75, 3.05) is 19.8 Å². The Labute approximate surface area is 91.8 Å². The van der Waals surface area contributed by atoms with Gasteiger partial charge in [-0.25, -0.2) is 0 Å². The van der Waals surface area contributed by atoms with Crippen LogP contribution >= 0.6 is 0 Å². The Hall–Kier alpha value is -0.120. The second-order valence-electron chi connectivity index (χ2n) is 5.55. The number of rotatable bonds is 2. The Morgan fingerprint density at radius 1 is 1.33 bits per heavy atom. The zero-order valence-corrected chi connectivity index (χ0v) is 9.79. The predicted octanol–water partition coefficient (Wildman–Crippen LogP) is 1.94. The summed E-state index contributed by atoms with van der Waals surface area (Å²) in [6.45, 7) is 5.96. The van der Waals surface area contributed by atoms with Gasteiger partial charge in [0, 0.05) is 19.4 Å². The molecule has 2 aliphatic rings. The van der Waals surface area contributed by atoms with Crippen molar-refractivity contribution >= 4 is 0 Å². The van der Waals surface area contributed by atoms with Crippen molar-refractivity contribution in [1.82, 2.24) is 0 Å². The van der Waals surface area contributed by atoms with E-state index in [0.717, 1.165) is 32.5 Å². The van der Waals surface area contributed by atoms with Gasteiger partial charge in [-0.05, 0) is 24.2 Å². The molecule has 1 aliphatic carbocycles. The normalized spacial score (nSPS) is 31.0. The van der Waals surface area contributed by atoms with E-state index in [1.807, 2.05) is 0 Å². The van der Waals surface area contributed by atoms with Crippen molar-refractivity contribution in [1.29, 1.82) is 0 Å². The monoisotopic (exact) mass is 214 g/mol. The Morgan fingerprint density at radius 3 is 2.60 bits per heavy atom. The Kier molecular flexibility index (Phi) is 3.06. The molecule has 0 aromatic rings. The zero-order chi connectivity index (χ0) is 10.9. The first-order chi connectivity index (χ1) is 7.08. The predicted molar refractivity (Wildman–Crippen MR) is 57.5 cm³/mol. The molecule has 15 heavy (non-hydrogen) atoms. The van der Waals surface area contributed by atoms with Crippen molar-refractivity contribution in [2.45, 2.75) is 45.3 Å². The standard InChI is InChI=1S/C12H22O3/c1-11(2,9-13)10-4-3-5-12(8-10)14-6-7-15-12/h10,13H,3-9H2,1-2H3. The highest BCUT2D eigenvalue weighted by molar-refractivity contribution is 4.89. The number of hydrogen-bond donors (Lipinski definition) is 1. The quantitative estimate of drug-likeness (QED) is 0.763. The molecule has 1 aliphatic heterocycles. The van der Waals surface area contributed by atoms with E-state index in [1.54, 1.807) is 0 Å². The molecule has 1 N–H and O–H groups in total. The van der Waals surface area contributed by atoms with E-state index in [-0.39, 0.29) is 17.8 Å². The van der Waals surface area contributed by atoms with Crippen LogP contribution < -0.4 is 0 Å². The van der Waals surface area contributed by atoms with Crippen LogP contribution in [0.5, 0.6) is 0 Å². The number of aliphatic hydroxyl groups is 1. The van der Waals surface area contributed by atoms with Crippen LogP contribution in [0.3, 0.4) is 0 Å². The van der Waals surface area contributed by atoms with Gasteiger partial charge >= 0.3 is 0 Å². The molecule has 3 nitrogen and oxygen atoms in total. The molecule has 0 aromatic heterocycles. The Morgan fingerprint density at radius 2 is 2.00 bits per heavy atom. The minimum atomic E-state index is -0.310. The van der Waals surface area contributed by atoms with E-state index in [1.165, 1.54) is 6.42 Å². The molecular formula is C12H22O3. The van der Waals surface area contributed by atoms with Crippen LogP contribution in [0.15, 0.2) is 0 Å². The summed E-state index contributed by atoms with van der Waals surface area (Å²) in [4.78, 5) is 0. The summed E-state index contributed by atoms with van der Waals surface area (Å²) >= 11 is 0. The van der Waals surface area contributed by atoms with Gasteiger partial charge in [-0.15, -0.1) is 0 Å². The van der Waals surface area contributed by atoms with E-state index in [2.05, 4.69) is 13.8 Å². The first-order valence-corrected chi connectivity index (χ1v) is 5.97. The van der Waals surface area contributed by atoms with Crippen LogP contribution in [-0.4, -0.2) is 30.7 Å². The number of aliphatic hydroxyl groups excluding tert-OH is 1. The van der Waals surface area contributed by atoms with Crippen molar-refractivity contribution in [3.05, 3.63) is 0 Å². The van der Waals surface area contributed by atoms with Crippen molar-refractivity contribution in [3.63, 3.8) is 0 Å². The average molecular weight is 214 g/mol. The van der Waals surface area contributed by atoms with Crippen LogP contribution in [0, 0.1) is 11.3 Å². The Bertz CT molecular complexity index is 219. The maximum Gasteiger partial charge on any atom is 0.168 e. The van der Waals surface area contributed by atoms with Gasteiger partial charge in [0.15, 0.2) is 5.79 Å². The average Bonchev–Trinajstić information content (AvgIpc) is 2.66. The van der Waals surface area contributed by atoms with Gasteiger partial charge in [-0.1, -0.05) is 13.8 Å². The summed E-state index contributed by atoms with van der Waals surface area (Å²) in [6.07, 6.45) is 4.29. The lowest BCUT2D eigenvalue weighted by Gasteiger charge is -2.42. The molecule has 0 radical (unpaired) electrons. The SMILES string of the molecule is CC(C)(CO)C1CCCC2(C1)OCCO2. The Balaban J connectivity index is 2.03. The third-order valence-electron chi connectivity index (χ3n) is 3.99. The molecule has 1 atom stereocenters. The third kappa shape index (κ3) is 2.19. The van der Waals surface area contributed by atoms with E-state index in [0.29, 0.717) is 5.92 Å². The van der Waals surface area contributed by atoms with Crippen LogP contribution in [0.1, 0.15) is 39.5 Å². The molecule has 1 unspecified atom stereocenters. The lowest BCUT2D eigenvalue weighted by molar-refractivity contribution is -0.197. The largest absolute Gasteiger partial charge is 0.396 e. The van der Waals surface area contributed by atoms with Gasteiger partial charge in [0.1, 0.15) is 0 Å². The van der Waals surface area contributed by atoms with E-state index < -0.39 is 0 Å². The highest BCUT2D eigenvalue weighted by Gasteiger charge is 2.45. The summed E-state index contributed by atoms with van der Waals surface area (Å²) in [5.74, 6) is 0.198. The second kappa shape index (κ2) is 4.04. The molecular weight excluding hydrogens is 192 g/mol. The third-order valence-corrected chi connectivity index (χ3v) is 3.99. The summed E-state index contributed by atoms with van der Waals surface area (Å²) < 4.78 is 11.5. The van der Waals surface area contributed by atoms with Gasteiger partial charge in [0.25, 0.3) is 0 Å². The number of ether oxygens (including phenoxy) is 2. The van der Waals surface area contributed by atoms with Gasteiger partial charge in [0.05, 0.1) is 13.2 Å². The lowest BCUT2D eigenvalue weighted by atomic mass is 9.70. The minimum Gasteiger partial charge on any atom is -0.396 e. The topological polar surface area (TPSA) is 38.7 Å². The maximum absolute atomic E-state index is 9.40. The number of hydrogen-bond acceptors (Lipinski definition) is 3. The van der Waals surface area contributed by atoms with Crippen molar-refractivity contribution in [2.24, 2.45) is 11.3 Å². The highest BCUT2D eigenvalue weighted by Crippen LogP contribution is 2.45. The first-order valence-electron chi connectivity index (χ1n) is 5.97. The lowest BCUT2D eigenvalue weighted by Crippen LogP contribution is -2.42. The highest BCUT2D eigenvalue weighted by atomic mass is 16.7. The molecule has 0 amide bonds. The molecule has 88 valence electrons. The molecule has 1 saturated carbocycles. The fourth-order valence-corrected chi connectivity index (χ4v) is 2.75. The van der Waals surface area contributed by atoms with Gasteiger partial charge < -0.3 is 14.6 Å². The second-order valence-corrected chi connectivity index (χ2v) is 5.55. The van der Waals surface area contributed by atoms with Gasteiger partial charge in [-0.2, -0.15) is 0 Å². The van der Waals surface area contributed by atoms with E-state index in [9.17, 15) is 5.11 Å². The van der Waals surface area contributed by atoms with Crippen LogP contribution in [0.2, 0.25) is 0 Å².